The van der Waals surface area contributed by atoms with Gasteiger partial charge in [0.15, 0.2) is 6.29 Å². The predicted octanol–water partition coefficient (Wildman–Crippen LogP) is 2.82. The van der Waals surface area contributed by atoms with Crippen molar-refractivity contribution in [2.45, 2.75) is 46.8 Å². The zero-order valence-electron chi connectivity index (χ0n) is 8.80. The lowest BCUT2D eigenvalue weighted by Gasteiger charge is -2.18. The fourth-order valence-corrected chi connectivity index (χ4v) is 0.936. The van der Waals surface area contributed by atoms with E-state index in [9.17, 15) is 0 Å². The highest BCUT2D eigenvalue weighted by Gasteiger charge is 2.07. The van der Waals surface area contributed by atoms with Crippen LogP contribution in [0.4, 0.5) is 0 Å². The van der Waals surface area contributed by atoms with Gasteiger partial charge < -0.3 is 9.47 Å². The Hall–Kier alpha value is -0.0800. The molecule has 0 heterocycles. The minimum absolute atomic E-state index is 0.0161. The molecule has 0 radical (unpaired) electrons. The molecule has 0 saturated carbocycles. The van der Waals surface area contributed by atoms with Gasteiger partial charge in [-0.2, -0.15) is 0 Å². The van der Waals surface area contributed by atoms with Crippen LogP contribution < -0.4 is 0 Å². The Morgan fingerprint density at radius 1 is 1.08 bits per heavy atom. The smallest absolute Gasteiger partial charge is 0.157 e. The Bertz CT molecular complexity index is 85.8. The lowest BCUT2D eigenvalue weighted by molar-refractivity contribution is -0.148. The first kappa shape index (κ1) is 11.9. The molecule has 2 heteroatoms. The van der Waals surface area contributed by atoms with Crippen molar-refractivity contribution in [3.05, 3.63) is 0 Å². The van der Waals surface area contributed by atoms with Crippen molar-refractivity contribution >= 4 is 0 Å². The fourth-order valence-electron chi connectivity index (χ4n) is 0.936. The van der Waals surface area contributed by atoms with Crippen LogP contribution in [-0.4, -0.2) is 19.5 Å². The molecule has 0 aromatic heterocycles. The minimum Gasteiger partial charge on any atom is -0.353 e. The van der Waals surface area contributed by atoms with Gasteiger partial charge >= 0.3 is 0 Å². The highest BCUT2D eigenvalue weighted by atomic mass is 16.7. The summed E-state index contributed by atoms with van der Waals surface area (Å²) in [5.41, 5.74) is 0. The Labute approximate surface area is 76.3 Å². The van der Waals surface area contributed by atoms with Gasteiger partial charge in [-0.05, 0) is 19.3 Å². The highest BCUT2D eigenvalue weighted by molar-refractivity contribution is 4.46. The quantitative estimate of drug-likeness (QED) is 0.552. The molecule has 74 valence electrons. The van der Waals surface area contributed by atoms with Crippen LogP contribution in [0.2, 0.25) is 0 Å². The lowest BCUT2D eigenvalue weighted by atomic mass is 10.2. The normalized spacial score (nSPS) is 13.8. The van der Waals surface area contributed by atoms with Crippen molar-refractivity contribution in [1.82, 2.24) is 0 Å². The molecule has 0 bridgehead atoms. The first-order chi connectivity index (χ1) is 5.70. The zero-order chi connectivity index (χ0) is 9.40. The van der Waals surface area contributed by atoms with E-state index in [2.05, 4.69) is 20.8 Å². The number of ether oxygens (including phenoxy) is 2. The summed E-state index contributed by atoms with van der Waals surface area (Å²) in [6.07, 6.45) is 2.13. The molecule has 0 saturated heterocycles. The molecule has 0 aliphatic rings. The molecular formula is C10H22O2. The molecule has 12 heavy (non-hydrogen) atoms. The Morgan fingerprint density at radius 2 is 1.75 bits per heavy atom. The maximum atomic E-state index is 5.56. The van der Waals surface area contributed by atoms with Crippen LogP contribution >= 0.6 is 0 Å². The molecule has 0 aromatic carbocycles. The van der Waals surface area contributed by atoms with Gasteiger partial charge in [0.2, 0.25) is 0 Å². The fraction of sp³-hybridized carbons (Fsp3) is 1.00. The molecule has 0 aromatic rings. The van der Waals surface area contributed by atoms with E-state index in [1.165, 1.54) is 0 Å². The third-order valence-corrected chi connectivity index (χ3v) is 1.49. The van der Waals surface area contributed by atoms with Crippen LogP contribution in [0.1, 0.15) is 40.5 Å². The van der Waals surface area contributed by atoms with Crippen LogP contribution in [-0.2, 0) is 9.47 Å². The van der Waals surface area contributed by atoms with E-state index in [1.807, 2.05) is 6.92 Å². The Balaban J connectivity index is 3.48. The first-order valence-electron chi connectivity index (χ1n) is 4.93. The van der Waals surface area contributed by atoms with Gasteiger partial charge in [-0.15, -0.1) is 0 Å². The second-order valence-electron chi connectivity index (χ2n) is 3.40. The zero-order valence-corrected chi connectivity index (χ0v) is 8.80. The van der Waals surface area contributed by atoms with E-state index in [1.54, 1.807) is 0 Å². The topological polar surface area (TPSA) is 18.5 Å². The Kier molecular flexibility index (Phi) is 7.51. The molecule has 0 spiro atoms. The van der Waals surface area contributed by atoms with Gasteiger partial charge in [0.05, 0.1) is 6.61 Å². The van der Waals surface area contributed by atoms with Crippen molar-refractivity contribution < 1.29 is 9.47 Å². The van der Waals surface area contributed by atoms with Gasteiger partial charge in [-0.1, -0.05) is 27.2 Å². The average molecular weight is 174 g/mol. The van der Waals surface area contributed by atoms with Crippen LogP contribution in [0.3, 0.4) is 0 Å². The second-order valence-corrected chi connectivity index (χ2v) is 3.40. The number of hydrogen-bond donors (Lipinski definition) is 0. The van der Waals surface area contributed by atoms with Crippen molar-refractivity contribution in [3.63, 3.8) is 0 Å². The first-order valence-corrected chi connectivity index (χ1v) is 4.93. The number of rotatable bonds is 7. The third kappa shape index (κ3) is 6.62. The monoisotopic (exact) mass is 174 g/mol. The summed E-state index contributed by atoms with van der Waals surface area (Å²) in [5.74, 6) is 0.588. The van der Waals surface area contributed by atoms with Gasteiger partial charge in [0.25, 0.3) is 0 Å². The minimum atomic E-state index is 0.0161. The van der Waals surface area contributed by atoms with Crippen LogP contribution in [0.25, 0.3) is 0 Å². The van der Waals surface area contributed by atoms with Crippen LogP contribution in [0.15, 0.2) is 0 Å². The van der Waals surface area contributed by atoms with Gasteiger partial charge in [0.1, 0.15) is 0 Å². The summed E-state index contributed by atoms with van der Waals surface area (Å²) in [5, 5.41) is 0. The maximum Gasteiger partial charge on any atom is 0.157 e. The lowest BCUT2D eigenvalue weighted by Crippen LogP contribution is -2.19. The van der Waals surface area contributed by atoms with Crippen molar-refractivity contribution in [1.29, 1.82) is 0 Å². The predicted molar refractivity (Wildman–Crippen MR) is 51.1 cm³/mol. The van der Waals surface area contributed by atoms with E-state index in [4.69, 9.17) is 9.47 Å². The standard InChI is InChI=1S/C10H22O2/c1-5-7-10(11-6-2)12-8-9(3)4/h9-10H,5-8H2,1-4H3. The molecule has 0 amide bonds. The molecule has 0 aliphatic heterocycles. The van der Waals surface area contributed by atoms with E-state index < -0.39 is 0 Å². The maximum absolute atomic E-state index is 5.56. The largest absolute Gasteiger partial charge is 0.353 e. The summed E-state index contributed by atoms with van der Waals surface area (Å²) in [6.45, 7) is 9.98. The SMILES string of the molecule is CCCC(OCC)OCC(C)C. The molecule has 0 aliphatic carbocycles. The van der Waals surface area contributed by atoms with Crippen molar-refractivity contribution in [3.8, 4) is 0 Å². The van der Waals surface area contributed by atoms with E-state index in [-0.39, 0.29) is 6.29 Å². The summed E-state index contributed by atoms with van der Waals surface area (Å²) < 4.78 is 11.0. The molecule has 1 unspecified atom stereocenters. The summed E-state index contributed by atoms with van der Waals surface area (Å²) in [4.78, 5) is 0. The average Bonchev–Trinajstić information content (AvgIpc) is 2.01. The number of hydrogen-bond acceptors (Lipinski definition) is 2. The third-order valence-electron chi connectivity index (χ3n) is 1.49. The van der Waals surface area contributed by atoms with Gasteiger partial charge in [-0.3, -0.25) is 0 Å². The molecule has 0 fully saturated rings. The summed E-state index contributed by atoms with van der Waals surface area (Å²) >= 11 is 0. The van der Waals surface area contributed by atoms with Crippen LogP contribution in [0, 0.1) is 5.92 Å². The molecule has 2 nitrogen and oxygen atoms in total. The molecule has 0 rings (SSSR count). The summed E-state index contributed by atoms with van der Waals surface area (Å²) in [6, 6.07) is 0. The second kappa shape index (κ2) is 7.56. The van der Waals surface area contributed by atoms with E-state index in [0.717, 1.165) is 26.1 Å². The van der Waals surface area contributed by atoms with Crippen molar-refractivity contribution in [2.75, 3.05) is 13.2 Å². The Morgan fingerprint density at radius 3 is 2.17 bits per heavy atom. The van der Waals surface area contributed by atoms with Crippen LogP contribution in [0.5, 0.6) is 0 Å². The summed E-state index contributed by atoms with van der Waals surface area (Å²) in [7, 11) is 0. The molecule has 0 N–H and O–H groups in total. The molecular weight excluding hydrogens is 152 g/mol. The highest BCUT2D eigenvalue weighted by Crippen LogP contribution is 2.06. The van der Waals surface area contributed by atoms with Gasteiger partial charge in [0, 0.05) is 6.61 Å². The van der Waals surface area contributed by atoms with Gasteiger partial charge in [-0.25, -0.2) is 0 Å². The van der Waals surface area contributed by atoms with E-state index in [0.29, 0.717) is 5.92 Å². The molecule has 1 atom stereocenters. The van der Waals surface area contributed by atoms with Crippen molar-refractivity contribution in [2.24, 2.45) is 5.92 Å². The van der Waals surface area contributed by atoms with E-state index >= 15 is 0 Å².